The number of nitrogens with one attached hydrogen (secondary N) is 3. The van der Waals surface area contributed by atoms with Crippen molar-refractivity contribution in [3.63, 3.8) is 0 Å². The molecule has 1 aliphatic rings. The monoisotopic (exact) mass is 439 g/mol. The Balaban J connectivity index is 1.51. The fourth-order valence-corrected chi connectivity index (χ4v) is 3.78. The highest BCUT2D eigenvalue weighted by atomic mass is 16.2. The molecule has 2 amide bonds. The van der Waals surface area contributed by atoms with Gasteiger partial charge in [-0.3, -0.25) is 9.59 Å². The molecule has 164 valence electrons. The summed E-state index contributed by atoms with van der Waals surface area (Å²) in [5.74, 6) is 0.254. The fourth-order valence-electron chi connectivity index (χ4n) is 3.78. The van der Waals surface area contributed by atoms with Gasteiger partial charge >= 0.3 is 0 Å². The van der Waals surface area contributed by atoms with E-state index in [0.29, 0.717) is 29.3 Å². The summed E-state index contributed by atoms with van der Waals surface area (Å²) in [6.07, 6.45) is 6.67. The van der Waals surface area contributed by atoms with Crippen LogP contribution in [0.4, 0.5) is 22.9 Å². The number of nitrogens with zero attached hydrogens (tertiary/aromatic N) is 4. The summed E-state index contributed by atoms with van der Waals surface area (Å²) in [6.45, 7) is 3.48. The van der Waals surface area contributed by atoms with Crippen LogP contribution < -0.4 is 16.0 Å². The van der Waals surface area contributed by atoms with E-state index in [1.54, 1.807) is 16.8 Å². The Hall–Kier alpha value is -4.53. The number of hydrogen-bond donors (Lipinski definition) is 3. The lowest BCUT2D eigenvalue weighted by molar-refractivity contribution is -0.116. The van der Waals surface area contributed by atoms with Crippen molar-refractivity contribution >= 4 is 40.3 Å². The topological polar surface area (TPSA) is 113 Å². The molecule has 0 atom stereocenters. The van der Waals surface area contributed by atoms with E-state index < -0.39 is 0 Å². The Morgan fingerprint density at radius 3 is 2.94 bits per heavy atom. The van der Waals surface area contributed by atoms with Crippen molar-refractivity contribution in [2.24, 2.45) is 0 Å². The molecule has 2 aromatic heterocycles. The number of aryl methyl sites for hydroxylation is 1. The average molecular weight is 439 g/mol. The van der Waals surface area contributed by atoms with Gasteiger partial charge in [0.2, 0.25) is 11.8 Å². The molecule has 0 fully saturated rings. The highest BCUT2D eigenvalue weighted by Crippen LogP contribution is 2.29. The van der Waals surface area contributed by atoms with Gasteiger partial charge in [-0.2, -0.15) is 5.10 Å². The second-order valence-corrected chi connectivity index (χ2v) is 7.68. The van der Waals surface area contributed by atoms with E-state index in [-0.39, 0.29) is 11.8 Å². The lowest BCUT2D eigenvalue weighted by Crippen LogP contribution is -2.09. The molecule has 9 nitrogen and oxygen atoms in total. The second kappa shape index (κ2) is 8.54. The molecular weight excluding hydrogens is 418 g/mol. The Labute approximate surface area is 189 Å². The fraction of sp³-hybridized carbons (Fsp3) is 0.125. The van der Waals surface area contributed by atoms with Crippen molar-refractivity contribution < 1.29 is 9.59 Å². The van der Waals surface area contributed by atoms with Crippen LogP contribution in [0.25, 0.3) is 16.9 Å². The number of aromatic nitrogens is 4. The van der Waals surface area contributed by atoms with E-state index in [9.17, 15) is 9.59 Å². The summed E-state index contributed by atoms with van der Waals surface area (Å²) >= 11 is 0. The van der Waals surface area contributed by atoms with Crippen molar-refractivity contribution in [1.82, 2.24) is 19.6 Å². The van der Waals surface area contributed by atoms with Gasteiger partial charge < -0.3 is 16.0 Å². The van der Waals surface area contributed by atoms with E-state index in [2.05, 4.69) is 32.6 Å². The van der Waals surface area contributed by atoms with Gasteiger partial charge in [-0.25, -0.2) is 14.5 Å². The lowest BCUT2D eigenvalue weighted by atomic mass is 10.1. The molecule has 3 heterocycles. The van der Waals surface area contributed by atoms with Crippen LogP contribution in [0.5, 0.6) is 0 Å². The van der Waals surface area contributed by atoms with Crippen molar-refractivity contribution in [1.29, 1.82) is 0 Å². The summed E-state index contributed by atoms with van der Waals surface area (Å²) in [4.78, 5) is 32.7. The first-order chi connectivity index (χ1) is 16.1. The number of hydrogen-bond acceptors (Lipinski definition) is 6. The first kappa shape index (κ1) is 20.4. The third-order valence-corrected chi connectivity index (χ3v) is 5.37. The van der Waals surface area contributed by atoms with E-state index in [1.807, 2.05) is 36.4 Å². The minimum absolute atomic E-state index is 0.0225. The summed E-state index contributed by atoms with van der Waals surface area (Å²) < 4.78 is 1.64. The quantitative estimate of drug-likeness (QED) is 0.406. The van der Waals surface area contributed by atoms with E-state index in [1.165, 1.54) is 12.4 Å². The summed E-state index contributed by atoms with van der Waals surface area (Å²) in [7, 11) is 0. The standard InChI is InChI=1S/C24H21N7O2/c1-2-21(32)27-17-7-3-6-16(11-17)20-13-31-24(25-14-26-31)23(30-20)28-18-10-9-15-5-4-8-22(33)29-19(15)12-18/h2-3,6-7,9-14H,1,4-5,8H2,(H,27,32)(H,28,30)(H,29,33). The Kier molecular flexibility index (Phi) is 5.27. The van der Waals surface area contributed by atoms with Crippen molar-refractivity contribution in [3.8, 4) is 11.3 Å². The smallest absolute Gasteiger partial charge is 0.247 e. The van der Waals surface area contributed by atoms with Gasteiger partial charge in [0.1, 0.15) is 6.33 Å². The van der Waals surface area contributed by atoms with Crippen molar-refractivity contribution in [2.75, 3.05) is 16.0 Å². The molecule has 0 bridgehead atoms. The third kappa shape index (κ3) is 4.29. The zero-order valence-corrected chi connectivity index (χ0v) is 17.7. The highest BCUT2D eigenvalue weighted by molar-refractivity contribution is 5.99. The van der Waals surface area contributed by atoms with Crippen LogP contribution in [0, 0.1) is 0 Å². The minimum Gasteiger partial charge on any atom is -0.337 e. The first-order valence-electron chi connectivity index (χ1n) is 10.5. The van der Waals surface area contributed by atoms with Gasteiger partial charge in [0.25, 0.3) is 0 Å². The molecular formula is C24H21N7O2. The summed E-state index contributed by atoms with van der Waals surface area (Å²) in [6, 6.07) is 13.2. The van der Waals surface area contributed by atoms with Gasteiger partial charge in [-0.1, -0.05) is 24.8 Å². The van der Waals surface area contributed by atoms with Crippen LogP contribution in [-0.2, 0) is 16.0 Å². The van der Waals surface area contributed by atoms with E-state index >= 15 is 0 Å². The SMILES string of the molecule is C=CC(=O)Nc1cccc(-c2cn3ncnc3c(Nc3ccc4c(c3)NC(=O)CCC4)n2)c1. The molecule has 5 rings (SSSR count). The van der Waals surface area contributed by atoms with Crippen LogP contribution in [0.3, 0.4) is 0 Å². The number of amides is 2. The molecule has 0 aliphatic carbocycles. The zero-order valence-electron chi connectivity index (χ0n) is 17.7. The molecule has 0 radical (unpaired) electrons. The predicted octanol–water partition coefficient (Wildman–Crippen LogP) is 3.93. The number of benzene rings is 2. The van der Waals surface area contributed by atoms with Crippen LogP contribution >= 0.6 is 0 Å². The number of carbonyl (C=O) groups excluding carboxylic acids is 2. The van der Waals surface area contributed by atoms with Crippen LogP contribution in [-0.4, -0.2) is 31.4 Å². The van der Waals surface area contributed by atoms with Gasteiger partial charge in [0.05, 0.1) is 11.9 Å². The number of anilines is 4. The van der Waals surface area contributed by atoms with Gasteiger partial charge in [0.15, 0.2) is 11.5 Å². The van der Waals surface area contributed by atoms with Crippen molar-refractivity contribution in [2.45, 2.75) is 19.3 Å². The van der Waals surface area contributed by atoms with Crippen LogP contribution in [0.2, 0.25) is 0 Å². The Morgan fingerprint density at radius 1 is 1.15 bits per heavy atom. The largest absolute Gasteiger partial charge is 0.337 e. The summed E-state index contributed by atoms with van der Waals surface area (Å²) in [5, 5.41) is 13.3. The summed E-state index contributed by atoms with van der Waals surface area (Å²) in [5.41, 5.74) is 5.33. The second-order valence-electron chi connectivity index (χ2n) is 7.68. The highest BCUT2D eigenvalue weighted by Gasteiger charge is 2.15. The molecule has 33 heavy (non-hydrogen) atoms. The maximum atomic E-state index is 12.0. The molecule has 0 saturated carbocycles. The van der Waals surface area contributed by atoms with E-state index in [4.69, 9.17) is 4.98 Å². The van der Waals surface area contributed by atoms with Gasteiger partial charge in [-0.05, 0) is 48.7 Å². The maximum absolute atomic E-state index is 12.0. The van der Waals surface area contributed by atoms with Gasteiger partial charge in [0, 0.05) is 29.0 Å². The lowest BCUT2D eigenvalue weighted by Gasteiger charge is -2.13. The van der Waals surface area contributed by atoms with Gasteiger partial charge in [-0.15, -0.1) is 0 Å². The molecule has 2 aromatic carbocycles. The van der Waals surface area contributed by atoms with Crippen LogP contribution in [0.1, 0.15) is 18.4 Å². The Bertz CT molecular complexity index is 1390. The number of carbonyl (C=O) groups is 2. The number of rotatable bonds is 5. The molecule has 0 unspecified atom stereocenters. The molecule has 9 heteroatoms. The minimum atomic E-state index is -0.288. The number of fused-ring (bicyclic) bond motifs is 2. The molecule has 0 spiro atoms. The zero-order chi connectivity index (χ0) is 22.8. The molecule has 4 aromatic rings. The third-order valence-electron chi connectivity index (χ3n) is 5.37. The first-order valence-corrected chi connectivity index (χ1v) is 10.5. The normalized spacial score (nSPS) is 13.0. The van der Waals surface area contributed by atoms with E-state index in [0.717, 1.165) is 35.3 Å². The molecule has 3 N–H and O–H groups in total. The molecule has 0 saturated heterocycles. The van der Waals surface area contributed by atoms with Crippen LogP contribution in [0.15, 0.2) is 67.6 Å². The maximum Gasteiger partial charge on any atom is 0.247 e. The Morgan fingerprint density at radius 2 is 2.06 bits per heavy atom. The van der Waals surface area contributed by atoms with Crippen molar-refractivity contribution in [3.05, 3.63) is 73.2 Å². The molecule has 1 aliphatic heterocycles. The average Bonchev–Trinajstić information content (AvgIpc) is 3.21. The predicted molar refractivity (Wildman–Crippen MR) is 126 cm³/mol.